The molecule has 1 aromatic heterocycles. The van der Waals surface area contributed by atoms with E-state index in [0.29, 0.717) is 23.3 Å². The molecule has 0 bridgehead atoms. The Morgan fingerprint density at radius 1 is 1.00 bits per heavy atom. The zero-order chi connectivity index (χ0) is 18.0. The smallest absolute Gasteiger partial charge is 0.227 e. The van der Waals surface area contributed by atoms with E-state index in [4.69, 9.17) is 9.47 Å². The van der Waals surface area contributed by atoms with Gasteiger partial charge >= 0.3 is 0 Å². The van der Waals surface area contributed by atoms with Crippen LogP contribution in [0.4, 0.5) is 17.5 Å². The Kier molecular flexibility index (Phi) is 4.94. The molecule has 0 atom stereocenters. The number of nitrogens with zero attached hydrogens (tertiary/aromatic N) is 3. The van der Waals surface area contributed by atoms with Crippen LogP contribution in [-0.2, 0) is 0 Å². The van der Waals surface area contributed by atoms with Crippen molar-refractivity contribution in [3.05, 3.63) is 40.9 Å². The van der Waals surface area contributed by atoms with E-state index in [1.165, 1.54) is 0 Å². The van der Waals surface area contributed by atoms with Crippen LogP contribution < -0.4 is 19.7 Å². The van der Waals surface area contributed by atoms with E-state index in [0.717, 1.165) is 21.1 Å². The van der Waals surface area contributed by atoms with Crippen molar-refractivity contribution in [3.8, 4) is 11.5 Å². The Bertz CT molecular complexity index is 915. The standard InChI is InChI=1S/C18H19BrN4O2/c1-23(2)18-21-14-10-16(25-4)15(24-3)9-13(14)17(22-18)20-12-7-5-6-11(19)8-12/h5-10H,1-4H3,(H,20,21,22). The number of anilines is 3. The molecular weight excluding hydrogens is 384 g/mol. The monoisotopic (exact) mass is 402 g/mol. The van der Waals surface area contributed by atoms with Gasteiger partial charge in [0.15, 0.2) is 11.5 Å². The molecular formula is C18H19BrN4O2. The first-order valence-electron chi connectivity index (χ1n) is 7.65. The Labute approximate surface area is 154 Å². The highest BCUT2D eigenvalue weighted by molar-refractivity contribution is 9.10. The maximum atomic E-state index is 5.42. The zero-order valence-electron chi connectivity index (χ0n) is 14.5. The fourth-order valence-electron chi connectivity index (χ4n) is 2.44. The molecule has 1 N–H and O–H groups in total. The van der Waals surface area contributed by atoms with Crippen LogP contribution in [0, 0.1) is 0 Å². The Morgan fingerprint density at radius 3 is 2.36 bits per heavy atom. The van der Waals surface area contributed by atoms with Crippen molar-refractivity contribution < 1.29 is 9.47 Å². The molecule has 0 saturated carbocycles. The van der Waals surface area contributed by atoms with E-state index >= 15 is 0 Å². The number of rotatable bonds is 5. The second-order valence-corrected chi connectivity index (χ2v) is 6.54. The third kappa shape index (κ3) is 3.61. The van der Waals surface area contributed by atoms with Crippen molar-refractivity contribution in [2.45, 2.75) is 0 Å². The predicted molar refractivity (Wildman–Crippen MR) is 104 cm³/mol. The van der Waals surface area contributed by atoms with Crippen molar-refractivity contribution >= 4 is 44.3 Å². The number of ether oxygens (including phenoxy) is 2. The quantitative estimate of drug-likeness (QED) is 0.689. The van der Waals surface area contributed by atoms with Gasteiger partial charge in [-0.2, -0.15) is 4.98 Å². The topological polar surface area (TPSA) is 59.5 Å². The second-order valence-electron chi connectivity index (χ2n) is 5.63. The van der Waals surface area contributed by atoms with Gasteiger partial charge in [0.2, 0.25) is 5.95 Å². The molecule has 0 aliphatic heterocycles. The molecule has 25 heavy (non-hydrogen) atoms. The van der Waals surface area contributed by atoms with Crippen LogP contribution in [0.15, 0.2) is 40.9 Å². The van der Waals surface area contributed by atoms with Gasteiger partial charge in [-0.1, -0.05) is 22.0 Å². The molecule has 0 unspecified atom stereocenters. The molecule has 130 valence electrons. The number of hydrogen-bond acceptors (Lipinski definition) is 6. The molecule has 1 heterocycles. The molecule has 2 aromatic carbocycles. The van der Waals surface area contributed by atoms with Gasteiger partial charge in [0.25, 0.3) is 0 Å². The van der Waals surface area contributed by atoms with Gasteiger partial charge in [-0.15, -0.1) is 0 Å². The van der Waals surface area contributed by atoms with Crippen LogP contribution in [0.5, 0.6) is 11.5 Å². The van der Waals surface area contributed by atoms with E-state index in [9.17, 15) is 0 Å². The highest BCUT2D eigenvalue weighted by Crippen LogP contribution is 2.35. The maximum absolute atomic E-state index is 5.42. The van der Waals surface area contributed by atoms with Gasteiger partial charge in [-0.3, -0.25) is 0 Å². The van der Waals surface area contributed by atoms with Crippen LogP contribution in [-0.4, -0.2) is 38.3 Å². The largest absolute Gasteiger partial charge is 0.493 e. The molecule has 0 amide bonds. The molecule has 7 heteroatoms. The molecule has 0 radical (unpaired) electrons. The third-order valence-corrected chi connectivity index (χ3v) is 4.17. The summed E-state index contributed by atoms with van der Waals surface area (Å²) in [5.74, 6) is 2.57. The number of halogens is 1. The molecule has 0 fully saturated rings. The molecule has 0 aliphatic rings. The Hall–Kier alpha value is -2.54. The molecule has 0 spiro atoms. The van der Waals surface area contributed by atoms with Gasteiger partial charge < -0.3 is 19.7 Å². The second kappa shape index (κ2) is 7.14. The first-order chi connectivity index (χ1) is 12.0. The van der Waals surface area contributed by atoms with Crippen molar-refractivity contribution in [2.75, 3.05) is 38.5 Å². The summed E-state index contributed by atoms with van der Waals surface area (Å²) in [7, 11) is 7.04. The van der Waals surface area contributed by atoms with Crippen LogP contribution in [0.25, 0.3) is 10.9 Å². The molecule has 0 saturated heterocycles. The van der Waals surface area contributed by atoms with Crippen LogP contribution >= 0.6 is 15.9 Å². The summed E-state index contributed by atoms with van der Waals surface area (Å²) >= 11 is 3.49. The third-order valence-electron chi connectivity index (χ3n) is 3.68. The number of aromatic nitrogens is 2. The summed E-state index contributed by atoms with van der Waals surface area (Å²) in [6.45, 7) is 0. The van der Waals surface area contributed by atoms with Gasteiger partial charge in [0.1, 0.15) is 5.82 Å². The fraction of sp³-hybridized carbons (Fsp3) is 0.222. The van der Waals surface area contributed by atoms with Crippen molar-refractivity contribution in [3.63, 3.8) is 0 Å². The maximum Gasteiger partial charge on any atom is 0.227 e. The minimum Gasteiger partial charge on any atom is -0.493 e. The van der Waals surface area contributed by atoms with Crippen LogP contribution in [0.2, 0.25) is 0 Å². The molecule has 3 aromatic rings. The summed E-state index contributed by atoms with van der Waals surface area (Å²) < 4.78 is 11.8. The van der Waals surface area contributed by atoms with Crippen molar-refractivity contribution in [1.82, 2.24) is 9.97 Å². The summed E-state index contributed by atoms with van der Waals surface area (Å²) in [5, 5.41) is 4.22. The number of methoxy groups -OCH3 is 2. The minimum absolute atomic E-state index is 0.609. The molecule has 6 nitrogen and oxygen atoms in total. The van der Waals surface area contributed by atoms with Crippen molar-refractivity contribution in [2.24, 2.45) is 0 Å². The lowest BCUT2D eigenvalue weighted by Crippen LogP contribution is -2.13. The first-order valence-corrected chi connectivity index (χ1v) is 8.45. The zero-order valence-corrected chi connectivity index (χ0v) is 16.1. The Balaban J connectivity index is 2.20. The summed E-state index contributed by atoms with van der Waals surface area (Å²) in [5.41, 5.74) is 1.70. The van der Waals surface area contributed by atoms with E-state index < -0.39 is 0 Å². The van der Waals surface area contributed by atoms with Crippen LogP contribution in [0.3, 0.4) is 0 Å². The number of benzene rings is 2. The summed E-state index contributed by atoms with van der Waals surface area (Å²) in [4.78, 5) is 11.1. The summed E-state index contributed by atoms with van der Waals surface area (Å²) in [6.07, 6.45) is 0. The first kappa shape index (κ1) is 17.3. The lowest BCUT2D eigenvalue weighted by Gasteiger charge is -2.16. The average molecular weight is 403 g/mol. The Morgan fingerprint density at radius 2 is 1.72 bits per heavy atom. The van der Waals surface area contributed by atoms with Gasteiger partial charge in [-0.25, -0.2) is 4.98 Å². The molecule has 3 rings (SSSR count). The molecule has 0 aliphatic carbocycles. The fourth-order valence-corrected chi connectivity index (χ4v) is 2.84. The highest BCUT2D eigenvalue weighted by Gasteiger charge is 2.14. The average Bonchev–Trinajstić information content (AvgIpc) is 2.60. The lowest BCUT2D eigenvalue weighted by molar-refractivity contribution is 0.356. The number of fused-ring (bicyclic) bond motifs is 1. The number of hydrogen-bond donors (Lipinski definition) is 1. The van der Waals surface area contributed by atoms with E-state index in [1.54, 1.807) is 14.2 Å². The van der Waals surface area contributed by atoms with Crippen molar-refractivity contribution in [1.29, 1.82) is 0 Å². The lowest BCUT2D eigenvalue weighted by atomic mass is 10.2. The van der Waals surface area contributed by atoms with Gasteiger partial charge in [0.05, 0.1) is 19.7 Å². The predicted octanol–water partition coefficient (Wildman–Crippen LogP) is 4.22. The minimum atomic E-state index is 0.609. The van der Waals surface area contributed by atoms with Crippen LogP contribution in [0.1, 0.15) is 0 Å². The van der Waals surface area contributed by atoms with E-state index in [2.05, 4.69) is 31.2 Å². The normalized spacial score (nSPS) is 10.6. The van der Waals surface area contributed by atoms with E-state index in [-0.39, 0.29) is 0 Å². The van der Waals surface area contributed by atoms with Gasteiger partial charge in [0, 0.05) is 35.7 Å². The highest BCUT2D eigenvalue weighted by atomic mass is 79.9. The van der Waals surface area contributed by atoms with Gasteiger partial charge in [-0.05, 0) is 24.3 Å². The summed E-state index contributed by atoms with van der Waals surface area (Å²) in [6, 6.07) is 11.6. The van der Waals surface area contributed by atoms with E-state index in [1.807, 2.05) is 55.4 Å². The SMILES string of the molecule is COc1cc2nc(N(C)C)nc(Nc3cccc(Br)c3)c2cc1OC. The number of nitrogens with one attached hydrogen (secondary N) is 1.